The Morgan fingerprint density at radius 1 is 1.02 bits per heavy atom. The van der Waals surface area contributed by atoms with E-state index in [1.807, 2.05) is 19.1 Å². The zero-order chi connectivity index (χ0) is 31.5. The Morgan fingerprint density at radius 2 is 1.68 bits per heavy atom. The van der Waals surface area contributed by atoms with Gasteiger partial charge in [0.2, 0.25) is 6.41 Å². The van der Waals surface area contributed by atoms with Gasteiger partial charge in [0.1, 0.15) is 6.23 Å². The lowest BCUT2D eigenvalue weighted by Crippen LogP contribution is -2.47. The van der Waals surface area contributed by atoms with Crippen molar-refractivity contribution in [3.63, 3.8) is 0 Å². The zero-order valence-corrected chi connectivity index (χ0v) is 25.7. The molecule has 11 heteroatoms. The summed E-state index contributed by atoms with van der Waals surface area (Å²) in [4.78, 5) is 34.4. The molecule has 234 valence electrons. The highest BCUT2D eigenvalue weighted by Gasteiger charge is 2.35. The molecule has 2 aromatic rings. The number of aliphatic hydroxyl groups excluding tert-OH is 1. The number of carbonyl (C=O) groups excluding carboxylic acids is 2. The Balaban J connectivity index is 1.23. The van der Waals surface area contributed by atoms with Gasteiger partial charge in [-0.05, 0) is 37.5 Å². The SMILES string of the molecule is C=C1CC(C(O)N(C)c2cc(OCCCOc3cc4c(cc3OC)C(=O)N3CC(=C)CC3C=N4)c(OC)cc2C)N(C=O)C1. The molecule has 3 heterocycles. The normalized spacial score (nSPS) is 19.8. The van der Waals surface area contributed by atoms with Crippen molar-refractivity contribution in [3.8, 4) is 23.0 Å². The summed E-state index contributed by atoms with van der Waals surface area (Å²) in [5.41, 5.74) is 4.57. The molecular formula is C33H40N4O7. The van der Waals surface area contributed by atoms with Crippen molar-refractivity contribution in [3.05, 3.63) is 59.7 Å². The molecule has 44 heavy (non-hydrogen) atoms. The number of rotatable bonds is 12. The Kier molecular flexibility index (Phi) is 9.14. The second-order valence-corrected chi connectivity index (χ2v) is 11.4. The van der Waals surface area contributed by atoms with E-state index in [-0.39, 0.29) is 18.0 Å². The number of anilines is 1. The molecule has 1 N–H and O–H groups in total. The number of amides is 2. The minimum atomic E-state index is -0.931. The summed E-state index contributed by atoms with van der Waals surface area (Å²) < 4.78 is 23.3. The van der Waals surface area contributed by atoms with Crippen LogP contribution in [0.3, 0.4) is 0 Å². The molecule has 3 atom stereocenters. The number of fused-ring (bicyclic) bond motifs is 2. The number of hydrogen-bond donors (Lipinski definition) is 1. The standard InChI is InChI=1S/C33H40N4O7/c1-20-10-23-16-34-25-14-30(29(42-6)13-24(25)32(39)37(23)18-20)43-8-7-9-44-31-15-26(22(3)12-28(31)41-5)35(4)33(40)27-11-21(2)17-36(27)19-38/h12-16,19,23,27,33,40H,1-2,7-11,17-18H2,3-6H3. The maximum Gasteiger partial charge on any atom is 0.257 e. The van der Waals surface area contributed by atoms with Crippen molar-refractivity contribution in [2.75, 3.05) is 52.5 Å². The molecule has 0 radical (unpaired) electrons. The van der Waals surface area contributed by atoms with Crippen LogP contribution in [0.15, 0.2) is 53.6 Å². The third-order valence-electron chi connectivity index (χ3n) is 8.32. The van der Waals surface area contributed by atoms with E-state index in [4.69, 9.17) is 18.9 Å². The summed E-state index contributed by atoms with van der Waals surface area (Å²) in [5, 5.41) is 11.1. The molecular weight excluding hydrogens is 564 g/mol. The Bertz CT molecular complexity index is 1490. The predicted octanol–water partition coefficient (Wildman–Crippen LogP) is 3.89. The van der Waals surface area contributed by atoms with E-state index in [2.05, 4.69) is 18.2 Å². The molecule has 0 aromatic heterocycles. The Morgan fingerprint density at radius 3 is 2.36 bits per heavy atom. The Hall–Kier alpha value is -4.51. The highest BCUT2D eigenvalue weighted by atomic mass is 16.5. The molecule has 0 spiro atoms. The van der Waals surface area contributed by atoms with Gasteiger partial charge in [-0.1, -0.05) is 24.3 Å². The van der Waals surface area contributed by atoms with Gasteiger partial charge < -0.3 is 38.8 Å². The molecule has 0 saturated carbocycles. The molecule has 11 nitrogen and oxygen atoms in total. The van der Waals surface area contributed by atoms with Crippen LogP contribution in [-0.2, 0) is 4.79 Å². The minimum Gasteiger partial charge on any atom is -0.493 e. The summed E-state index contributed by atoms with van der Waals surface area (Å²) in [7, 11) is 4.90. The number of likely N-dealkylation sites (N-methyl/N-ethyl adjacent to an activating group) is 1. The van der Waals surface area contributed by atoms with Crippen LogP contribution in [0, 0.1) is 6.92 Å². The number of hydrogen-bond acceptors (Lipinski definition) is 9. The summed E-state index contributed by atoms with van der Waals surface area (Å²) >= 11 is 0. The fourth-order valence-corrected chi connectivity index (χ4v) is 5.98. The molecule has 5 rings (SSSR count). The lowest BCUT2D eigenvalue weighted by molar-refractivity contribution is -0.120. The van der Waals surface area contributed by atoms with Crippen molar-refractivity contribution < 1.29 is 33.6 Å². The number of aliphatic imine (C=N–C) groups is 1. The highest BCUT2D eigenvalue weighted by molar-refractivity contribution is 6.03. The van der Waals surface area contributed by atoms with Gasteiger partial charge in [0.25, 0.3) is 5.91 Å². The molecule has 0 aliphatic carbocycles. The van der Waals surface area contributed by atoms with Crippen LogP contribution >= 0.6 is 0 Å². The van der Waals surface area contributed by atoms with E-state index in [9.17, 15) is 14.7 Å². The molecule has 2 saturated heterocycles. The van der Waals surface area contributed by atoms with E-state index in [1.54, 1.807) is 47.2 Å². The van der Waals surface area contributed by atoms with Gasteiger partial charge in [-0.2, -0.15) is 0 Å². The van der Waals surface area contributed by atoms with Gasteiger partial charge in [-0.3, -0.25) is 14.6 Å². The smallest absolute Gasteiger partial charge is 0.257 e. The molecule has 3 unspecified atom stereocenters. The van der Waals surface area contributed by atoms with Crippen molar-refractivity contribution in [2.45, 2.75) is 44.5 Å². The van der Waals surface area contributed by atoms with Crippen molar-refractivity contribution in [1.29, 1.82) is 0 Å². The summed E-state index contributed by atoms with van der Waals surface area (Å²) in [5.74, 6) is 1.94. The van der Waals surface area contributed by atoms with E-state index in [0.29, 0.717) is 79.8 Å². The fraction of sp³-hybridized carbons (Fsp3) is 0.424. The maximum atomic E-state index is 13.2. The number of likely N-dealkylation sites (tertiary alicyclic amines) is 1. The van der Waals surface area contributed by atoms with Crippen LogP contribution in [0.5, 0.6) is 23.0 Å². The lowest BCUT2D eigenvalue weighted by Gasteiger charge is -2.34. The largest absolute Gasteiger partial charge is 0.493 e. The molecule has 2 fully saturated rings. The predicted molar refractivity (Wildman–Crippen MR) is 168 cm³/mol. The first-order valence-electron chi connectivity index (χ1n) is 14.6. The van der Waals surface area contributed by atoms with Crippen molar-refractivity contribution >= 4 is 29.9 Å². The van der Waals surface area contributed by atoms with Crippen LogP contribution in [-0.4, -0.2) is 99.3 Å². The van der Waals surface area contributed by atoms with Gasteiger partial charge >= 0.3 is 0 Å². The average molecular weight is 605 g/mol. The number of aliphatic hydroxyl groups is 1. The topological polar surface area (TPSA) is 113 Å². The van der Waals surface area contributed by atoms with Gasteiger partial charge in [-0.15, -0.1) is 0 Å². The zero-order valence-electron chi connectivity index (χ0n) is 25.7. The van der Waals surface area contributed by atoms with Crippen molar-refractivity contribution in [1.82, 2.24) is 9.80 Å². The number of nitrogens with zero attached hydrogens (tertiary/aromatic N) is 4. The second-order valence-electron chi connectivity index (χ2n) is 11.4. The third-order valence-corrected chi connectivity index (χ3v) is 8.32. The van der Waals surface area contributed by atoms with Crippen LogP contribution in [0.1, 0.15) is 35.2 Å². The first-order valence-corrected chi connectivity index (χ1v) is 14.6. The quantitative estimate of drug-likeness (QED) is 0.168. The van der Waals surface area contributed by atoms with Gasteiger partial charge in [0, 0.05) is 50.6 Å². The maximum absolute atomic E-state index is 13.2. The minimum absolute atomic E-state index is 0.0917. The number of ether oxygens (including phenoxy) is 4. The van der Waals surface area contributed by atoms with Crippen LogP contribution < -0.4 is 23.8 Å². The number of benzene rings is 2. The van der Waals surface area contributed by atoms with Crippen LogP contribution in [0.2, 0.25) is 0 Å². The summed E-state index contributed by atoms with van der Waals surface area (Å²) in [6, 6.07) is 6.63. The molecule has 3 aliphatic rings. The summed E-state index contributed by atoms with van der Waals surface area (Å²) in [6.45, 7) is 11.6. The Labute approximate surface area is 258 Å². The average Bonchev–Trinajstić information content (AvgIpc) is 3.56. The number of carbonyl (C=O) groups is 2. The van der Waals surface area contributed by atoms with E-state index in [1.165, 1.54) is 7.11 Å². The van der Waals surface area contributed by atoms with Gasteiger partial charge in [0.15, 0.2) is 23.0 Å². The third kappa shape index (κ3) is 6.10. The van der Waals surface area contributed by atoms with E-state index in [0.717, 1.165) is 28.8 Å². The van der Waals surface area contributed by atoms with Crippen LogP contribution in [0.4, 0.5) is 11.4 Å². The summed E-state index contributed by atoms with van der Waals surface area (Å²) in [6.07, 6.45) is 3.42. The number of methoxy groups -OCH3 is 2. The first kappa shape index (κ1) is 30.9. The van der Waals surface area contributed by atoms with E-state index >= 15 is 0 Å². The molecule has 2 amide bonds. The number of aryl methyl sites for hydroxylation is 1. The second kappa shape index (κ2) is 13.0. The van der Waals surface area contributed by atoms with E-state index < -0.39 is 6.23 Å². The molecule has 2 aromatic carbocycles. The van der Waals surface area contributed by atoms with Gasteiger partial charge in [-0.25, -0.2) is 0 Å². The monoisotopic (exact) mass is 604 g/mol. The lowest BCUT2D eigenvalue weighted by atomic mass is 10.1. The fourth-order valence-electron chi connectivity index (χ4n) is 5.98. The molecule has 3 aliphatic heterocycles. The van der Waals surface area contributed by atoms with Crippen LogP contribution in [0.25, 0.3) is 0 Å². The first-order chi connectivity index (χ1) is 21.1. The van der Waals surface area contributed by atoms with Crippen molar-refractivity contribution in [2.24, 2.45) is 4.99 Å². The highest BCUT2D eigenvalue weighted by Crippen LogP contribution is 2.39. The van der Waals surface area contributed by atoms with Gasteiger partial charge in [0.05, 0.1) is 50.8 Å². The molecule has 0 bridgehead atoms.